The Bertz CT molecular complexity index is 340. The molecule has 1 saturated carbocycles. The lowest BCUT2D eigenvalue weighted by Gasteiger charge is -2.32. The Balaban J connectivity index is 2.61. The first-order valence-electron chi connectivity index (χ1n) is 6.63. The Morgan fingerprint density at radius 2 is 2.32 bits per heavy atom. The molecule has 0 radical (unpaired) electrons. The van der Waals surface area contributed by atoms with E-state index in [2.05, 4.69) is 15.3 Å². The Labute approximate surface area is 113 Å². The van der Waals surface area contributed by atoms with E-state index in [-0.39, 0.29) is 11.9 Å². The molecular formula is C12H22N4O3. The minimum absolute atomic E-state index is 0.247. The number of nitrogens with one attached hydrogen (secondary N) is 1. The summed E-state index contributed by atoms with van der Waals surface area (Å²) in [4.78, 5) is 14.9. The van der Waals surface area contributed by atoms with Crippen molar-refractivity contribution in [2.24, 2.45) is 11.0 Å². The zero-order valence-corrected chi connectivity index (χ0v) is 11.6. The predicted molar refractivity (Wildman–Crippen MR) is 70.6 cm³/mol. The van der Waals surface area contributed by atoms with E-state index in [0.29, 0.717) is 32.7 Å². The lowest BCUT2D eigenvalue weighted by atomic mass is 9.94. The van der Waals surface area contributed by atoms with Gasteiger partial charge in [0.2, 0.25) is 0 Å². The zero-order chi connectivity index (χ0) is 14.1. The van der Waals surface area contributed by atoms with Gasteiger partial charge < -0.3 is 9.47 Å². The fraction of sp³-hybridized carbons (Fsp3) is 0.917. The summed E-state index contributed by atoms with van der Waals surface area (Å²) in [5.74, 6) is 0.0223. The van der Waals surface area contributed by atoms with E-state index in [0.717, 1.165) is 12.8 Å². The summed E-state index contributed by atoms with van der Waals surface area (Å²) in [6.45, 7) is 3.47. The minimum atomic E-state index is -0.749. The molecule has 0 aliphatic heterocycles. The first-order chi connectivity index (χ1) is 9.21. The maximum atomic E-state index is 12.2. The van der Waals surface area contributed by atoms with Crippen LogP contribution in [-0.4, -0.2) is 44.9 Å². The van der Waals surface area contributed by atoms with Crippen LogP contribution in [0.1, 0.15) is 26.2 Å². The Kier molecular flexibility index (Phi) is 6.62. The van der Waals surface area contributed by atoms with Gasteiger partial charge in [0.15, 0.2) is 0 Å². The lowest BCUT2D eigenvalue weighted by Crippen LogP contribution is -2.58. The highest BCUT2D eigenvalue weighted by atomic mass is 16.5. The molecule has 0 heterocycles. The molecule has 7 heteroatoms. The van der Waals surface area contributed by atoms with Crippen LogP contribution in [0.3, 0.4) is 0 Å². The van der Waals surface area contributed by atoms with Crippen molar-refractivity contribution in [3.8, 4) is 0 Å². The van der Waals surface area contributed by atoms with Gasteiger partial charge in [-0.3, -0.25) is 5.32 Å². The predicted octanol–water partition coefficient (Wildman–Crippen LogP) is 1.63. The molecule has 1 atom stereocenters. The molecule has 1 rings (SSSR count). The molecule has 0 aromatic rings. The van der Waals surface area contributed by atoms with Crippen LogP contribution in [0.4, 0.5) is 0 Å². The molecule has 0 spiro atoms. The number of carbonyl (C=O) groups is 1. The van der Waals surface area contributed by atoms with Crippen molar-refractivity contribution in [1.82, 2.24) is 5.32 Å². The first-order valence-corrected chi connectivity index (χ1v) is 6.63. The average molecular weight is 270 g/mol. The second-order valence-electron chi connectivity index (χ2n) is 4.63. The molecule has 7 nitrogen and oxygen atoms in total. The number of ether oxygens (including phenoxy) is 2. The van der Waals surface area contributed by atoms with Crippen LogP contribution in [0.2, 0.25) is 0 Å². The number of nitrogens with zero attached hydrogens (tertiary/aromatic N) is 3. The molecule has 1 N–H and O–H groups in total. The van der Waals surface area contributed by atoms with Crippen molar-refractivity contribution < 1.29 is 14.3 Å². The standard InChI is InChI=1S/C12H22N4O3/c1-3-19-11(17)12(9-18-2,10-5-6-10)14-7-4-8-15-16-13/h10,14H,3-9H2,1-2H3. The second kappa shape index (κ2) is 7.99. The van der Waals surface area contributed by atoms with Gasteiger partial charge >= 0.3 is 5.97 Å². The van der Waals surface area contributed by atoms with E-state index in [9.17, 15) is 4.79 Å². The quantitative estimate of drug-likeness (QED) is 0.214. The van der Waals surface area contributed by atoms with Crippen molar-refractivity contribution in [3.05, 3.63) is 10.4 Å². The zero-order valence-electron chi connectivity index (χ0n) is 11.6. The summed E-state index contributed by atoms with van der Waals surface area (Å²) in [6, 6.07) is 0. The molecule has 1 fully saturated rings. The molecule has 0 saturated heterocycles. The molecule has 108 valence electrons. The van der Waals surface area contributed by atoms with E-state index in [1.165, 1.54) is 0 Å². The number of hydrogen-bond acceptors (Lipinski definition) is 5. The van der Waals surface area contributed by atoms with Crippen LogP contribution in [0, 0.1) is 5.92 Å². The van der Waals surface area contributed by atoms with Gasteiger partial charge in [-0.25, -0.2) is 4.79 Å². The smallest absolute Gasteiger partial charge is 0.329 e. The number of esters is 1. The summed E-state index contributed by atoms with van der Waals surface area (Å²) in [6.07, 6.45) is 2.69. The number of hydrogen-bond donors (Lipinski definition) is 1. The van der Waals surface area contributed by atoms with Crippen LogP contribution in [-0.2, 0) is 14.3 Å². The van der Waals surface area contributed by atoms with E-state index < -0.39 is 5.54 Å². The van der Waals surface area contributed by atoms with Crippen LogP contribution in [0.15, 0.2) is 5.11 Å². The maximum absolute atomic E-state index is 12.2. The molecule has 1 aliphatic carbocycles. The highest BCUT2D eigenvalue weighted by molar-refractivity contribution is 5.82. The van der Waals surface area contributed by atoms with E-state index in [4.69, 9.17) is 15.0 Å². The minimum Gasteiger partial charge on any atom is -0.465 e. The summed E-state index contributed by atoms with van der Waals surface area (Å²) < 4.78 is 10.4. The van der Waals surface area contributed by atoms with Crippen LogP contribution >= 0.6 is 0 Å². The highest BCUT2D eigenvalue weighted by Gasteiger charge is 2.51. The van der Waals surface area contributed by atoms with E-state index in [1.54, 1.807) is 14.0 Å². The monoisotopic (exact) mass is 270 g/mol. The second-order valence-corrected chi connectivity index (χ2v) is 4.63. The summed E-state index contributed by atoms with van der Waals surface area (Å²) in [5.41, 5.74) is 7.46. The van der Waals surface area contributed by atoms with Gasteiger partial charge in [0.1, 0.15) is 5.54 Å². The van der Waals surface area contributed by atoms with Gasteiger partial charge in [-0.05, 0) is 44.2 Å². The third-order valence-electron chi connectivity index (χ3n) is 3.22. The molecule has 0 aromatic heterocycles. The molecule has 0 aromatic carbocycles. The largest absolute Gasteiger partial charge is 0.465 e. The summed E-state index contributed by atoms with van der Waals surface area (Å²) in [5, 5.41) is 6.73. The fourth-order valence-corrected chi connectivity index (χ4v) is 2.18. The number of methoxy groups -OCH3 is 1. The lowest BCUT2D eigenvalue weighted by molar-refractivity contribution is -0.155. The first kappa shape index (κ1) is 15.8. The highest BCUT2D eigenvalue weighted by Crippen LogP contribution is 2.40. The number of rotatable bonds is 10. The summed E-state index contributed by atoms with van der Waals surface area (Å²) in [7, 11) is 1.58. The van der Waals surface area contributed by atoms with Gasteiger partial charge in [-0.15, -0.1) is 0 Å². The van der Waals surface area contributed by atoms with Crippen molar-refractivity contribution in [1.29, 1.82) is 0 Å². The molecular weight excluding hydrogens is 248 g/mol. The van der Waals surface area contributed by atoms with E-state index >= 15 is 0 Å². The van der Waals surface area contributed by atoms with Crippen molar-refractivity contribution >= 4 is 5.97 Å². The van der Waals surface area contributed by atoms with Crippen LogP contribution in [0.5, 0.6) is 0 Å². The number of azide groups is 1. The van der Waals surface area contributed by atoms with Crippen molar-refractivity contribution in [3.63, 3.8) is 0 Å². The fourth-order valence-electron chi connectivity index (χ4n) is 2.18. The maximum Gasteiger partial charge on any atom is 0.329 e. The van der Waals surface area contributed by atoms with Gasteiger partial charge in [0.25, 0.3) is 0 Å². The molecule has 0 amide bonds. The third-order valence-corrected chi connectivity index (χ3v) is 3.22. The topological polar surface area (TPSA) is 96.3 Å². The third kappa shape index (κ3) is 4.38. The SMILES string of the molecule is CCOC(=O)C(COC)(NCCCN=[N+]=[N-])C1CC1. The van der Waals surface area contributed by atoms with Gasteiger partial charge in [-0.2, -0.15) is 0 Å². The normalized spacial score (nSPS) is 17.4. The Hall–Kier alpha value is -1.30. The molecule has 0 bridgehead atoms. The molecule has 1 unspecified atom stereocenters. The van der Waals surface area contributed by atoms with Crippen molar-refractivity contribution in [2.75, 3.05) is 33.4 Å². The molecule has 19 heavy (non-hydrogen) atoms. The Morgan fingerprint density at radius 3 is 2.84 bits per heavy atom. The number of carbonyl (C=O) groups excluding carboxylic acids is 1. The van der Waals surface area contributed by atoms with Gasteiger partial charge in [0, 0.05) is 18.6 Å². The van der Waals surface area contributed by atoms with E-state index in [1.807, 2.05) is 0 Å². The van der Waals surface area contributed by atoms with Crippen molar-refractivity contribution in [2.45, 2.75) is 31.7 Å². The van der Waals surface area contributed by atoms with Gasteiger partial charge in [-0.1, -0.05) is 5.11 Å². The van der Waals surface area contributed by atoms with Crippen LogP contribution < -0.4 is 5.32 Å². The van der Waals surface area contributed by atoms with Gasteiger partial charge in [0.05, 0.1) is 13.2 Å². The average Bonchev–Trinajstić information content (AvgIpc) is 3.22. The summed E-state index contributed by atoms with van der Waals surface area (Å²) >= 11 is 0. The van der Waals surface area contributed by atoms with Crippen LogP contribution in [0.25, 0.3) is 10.4 Å². The Morgan fingerprint density at radius 1 is 1.58 bits per heavy atom. The molecule has 1 aliphatic rings.